The molecule has 0 bridgehead atoms. The maximum Gasteiger partial charge on any atom is 0.305 e. The molecule has 0 amide bonds. The highest BCUT2D eigenvalue weighted by Gasteiger charge is 2.14. The average Bonchev–Trinajstić information content (AvgIpc) is 2.47. The van der Waals surface area contributed by atoms with Gasteiger partial charge in [0.15, 0.2) is 0 Å². The fourth-order valence-electron chi connectivity index (χ4n) is 1.85. The lowest BCUT2D eigenvalue weighted by molar-refractivity contribution is -0.387. The molecule has 0 saturated carbocycles. The monoisotopic (exact) mass is 290 g/mol. The van der Waals surface area contributed by atoms with Crippen molar-refractivity contribution in [2.45, 2.75) is 19.4 Å². The Hall–Kier alpha value is -2.47. The number of nitrogens with two attached hydrogens (primary N) is 1. The average molecular weight is 290 g/mol. The summed E-state index contributed by atoms with van der Waals surface area (Å²) in [6.45, 7) is 1.99. The summed E-state index contributed by atoms with van der Waals surface area (Å²) in [6, 6.07) is 10.5. The van der Waals surface area contributed by atoms with Crippen LogP contribution in [0.15, 0.2) is 42.5 Å². The van der Waals surface area contributed by atoms with Gasteiger partial charge in [0.05, 0.1) is 4.92 Å². The van der Waals surface area contributed by atoms with E-state index in [1.54, 1.807) is 12.1 Å². The third kappa shape index (κ3) is 3.55. The van der Waals surface area contributed by atoms with E-state index in [2.05, 4.69) is 0 Å². The van der Waals surface area contributed by atoms with Crippen molar-refractivity contribution < 1.29 is 14.1 Å². The maximum absolute atomic E-state index is 13.5. The minimum Gasteiger partial charge on any atom is -0.457 e. The van der Waals surface area contributed by atoms with Crippen molar-refractivity contribution in [2.75, 3.05) is 0 Å². The van der Waals surface area contributed by atoms with Crippen LogP contribution in [0.5, 0.6) is 11.5 Å². The lowest BCUT2D eigenvalue weighted by Crippen LogP contribution is -2.08. The summed E-state index contributed by atoms with van der Waals surface area (Å²) >= 11 is 0. The van der Waals surface area contributed by atoms with Crippen LogP contribution < -0.4 is 10.5 Å². The quantitative estimate of drug-likeness (QED) is 0.668. The van der Waals surface area contributed by atoms with Crippen LogP contribution in [0.4, 0.5) is 10.1 Å². The van der Waals surface area contributed by atoms with Crippen LogP contribution in [0.2, 0.25) is 0 Å². The maximum atomic E-state index is 13.5. The van der Waals surface area contributed by atoms with E-state index < -0.39 is 16.4 Å². The van der Waals surface area contributed by atoms with Crippen LogP contribution >= 0.6 is 0 Å². The summed E-state index contributed by atoms with van der Waals surface area (Å²) in [6.07, 6.45) is 0.827. The van der Waals surface area contributed by atoms with E-state index in [1.807, 2.05) is 19.1 Å². The van der Waals surface area contributed by atoms with Crippen molar-refractivity contribution in [3.05, 3.63) is 64.0 Å². The molecular weight excluding hydrogens is 275 g/mol. The predicted molar refractivity (Wildman–Crippen MR) is 76.8 cm³/mol. The van der Waals surface area contributed by atoms with E-state index >= 15 is 0 Å². The number of hydrogen-bond donors (Lipinski definition) is 1. The first kappa shape index (κ1) is 14.9. The molecule has 110 valence electrons. The second-order valence-electron chi connectivity index (χ2n) is 4.56. The summed E-state index contributed by atoms with van der Waals surface area (Å²) in [5.41, 5.74) is 6.32. The molecule has 6 heteroatoms. The fraction of sp³-hybridized carbons (Fsp3) is 0.200. The molecule has 2 N–H and O–H groups in total. The van der Waals surface area contributed by atoms with Gasteiger partial charge in [-0.3, -0.25) is 10.1 Å². The van der Waals surface area contributed by atoms with Gasteiger partial charge >= 0.3 is 5.69 Å². The summed E-state index contributed by atoms with van der Waals surface area (Å²) in [7, 11) is 0. The zero-order chi connectivity index (χ0) is 15.4. The van der Waals surface area contributed by atoms with Crippen molar-refractivity contribution >= 4 is 5.69 Å². The largest absolute Gasteiger partial charge is 0.457 e. The molecule has 21 heavy (non-hydrogen) atoms. The number of benzene rings is 2. The number of nitro groups is 1. The van der Waals surface area contributed by atoms with E-state index in [4.69, 9.17) is 10.5 Å². The molecule has 0 spiro atoms. The van der Waals surface area contributed by atoms with E-state index in [0.29, 0.717) is 5.75 Å². The van der Waals surface area contributed by atoms with Gasteiger partial charge in [-0.2, -0.15) is 4.39 Å². The Morgan fingerprint density at radius 3 is 2.38 bits per heavy atom. The van der Waals surface area contributed by atoms with E-state index in [9.17, 15) is 14.5 Å². The van der Waals surface area contributed by atoms with Crippen molar-refractivity contribution in [3.63, 3.8) is 0 Å². The van der Waals surface area contributed by atoms with Gasteiger partial charge in [-0.05, 0) is 30.2 Å². The third-order valence-corrected chi connectivity index (χ3v) is 3.10. The number of rotatable bonds is 5. The van der Waals surface area contributed by atoms with Crippen molar-refractivity contribution in [3.8, 4) is 11.5 Å². The first-order chi connectivity index (χ1) is 10.0. The zero-order valence-electron chi connectivity index (χ0n) is 11.5. The molecule has 2 aromatic carbocycles. The number of nitrogens with zero attached hydrogens (tertiary/aromatic N) is 1. The van der Waals surface area contributed by atoms with E-state index in [-0.39, 0.29) is 11.8 Å². The smallest absolute Gasteiger partial charge is 0.305 e. The molecule has 0 heterocycles. The highest BCUT2D eigenvalue weighted by molar-refractivity contribution is 5.40. The molecule has 0 fully saturated rings. The predicted octanol–water partition coefficient (Wildman–Crippen LogP) is 3.94. The standard InChI is InChI=1S/C15H15FN2O3/c1-2-14(17)10-3-5-11(6-4-10)21-12-7-8-15(18(19)20)13(16)9-12/h3-9,14H,2,17H2,1H3/t14-/m0/s1. The van der Waals surface area contributed by atoms with Gasteiger partial charge in [-0.25, -0.2) is 0 Å². The highest BCUT2D eigenvalue weighted by Crippen LogP contribution is 2.27. The number of halogens is 1. The number of hydrogen-bond acceptors (Lipinski definition) is 4. The molecule has 2 rings (SSSR count). The molecule has 0 aromatic heterocycles. The van der Waals surface area contributed by atoms with Gasteiger partial charge in [-0.15, -0.1) is 0 Å². The zero-order valence-corrected chi connectivity index (χ0v) is 11.5. The molecule has 5 nitrogen and oxygen atoms in total. The van der Waals surface area contributed by atoms with Gasteiger partial charge in [0.1, 0.15) is 11.5 Å². The topological polar surface area (TPSA) is 78.4 Å². The van der Waals surface area contributed by atoms with Crippen LogP contribution in [-0.4, -0.2) is 4.92 Å². The Kier molecular flexibility index (Phi) is 4.49. The molecule has 0 aliphatic carbocycles. The van der Waals surface area contributed by atoms with Crippen LogP contribution in [0.3, 0.4) is 0 Å². The second kappa shape index (κ2) is 6.32. The molecule has 0 saturated heterocycles. The normalized spacial score (nSPS) is 12.0. The van der Waals surface area contributed by atoms with Gasteiger partial charge in [-0.1, -0.05) is 19.1 Å². The molecule has 0 unspecified atom stereocenters. The third-order valence-electron chi connectivity index (χ3n) is 3.10. The summed E-state index contributed by atoms with van der Waals surface area (Å²) < 4.78 is 18.9. The number of nitro benzene ring substituents is 1. The molecule has 0 aliphatic heterocycles. The van der Waals surface area contributed by atoms with E-state index in [0.717, 1.165) is 24.1 Å². The van der Waals surface area contributed by atoms with Gasteiger partial charge in [0, 0.05) is 18.2 Å². The molecule has 0 radical (unpaired) electrons. The van der Waals surface area contributed by atoms with Gasteiger partial charge in [0.2, 0.25) is 5.82 Å². The Balaban J connectivity index is 2.15. The molecule has 0 aliphatic rings. The lowest BCUT2D eigenvalue weighted by Gasteiger charge is -2.10. The van der Waals surface area contributed by atoms with Crippen LogP contribution in [0, 0.1) is 15.9 Å². The van der Waals surface area contributed by atoms with Gasteiger partial charge in [0.25, 0.3) is 0 Å². The molecule has 1 atom stereocenters. The SMILES string of the molecule is CC[C@H](N)c1ccc(Oc2ccc([N+](=O)[O-])c(F)c2)cc1. The molecular formula is C15H15FN2O3. The lowest BCUT2D eigenvalue weighted by atomic mass is 10.1. The fourth-order valence-corrected chi connectivity index (χ4v) is 1.85. The van der Waals surface area contributed by atoms with Crippen molar-refractivity contribution in [1.29, 1.82) is 0 Å². The second-order valence-corrected chi connectivity index (χ2v) is 4.56. The summed E-state index contributed by atoms with van der Waals surface area (Å²) in [5.74, 6) is -0.219. The van der Waals surface area contributed by atoms with Crippen molar-refractivity contribution in [2.24, 2.45) is 5.73 Å². The minimum atomic E-state index is -0.929. The van der Waals surface area contributed by atoms with Crippen LogP contribution in [-0.2, 0) is 0 Å². The van der Waals surface area contributed by atoms with Gasteiger partial charge < -0.3 is 10.5 Å². The van der Waals surface area contributed by atoms with Crippen LogP contribution in [0.1, 0.15) is 24.9 Å². The summed E-state index contributed by atoms with van der Waals surface area (Å²) in [4.78, 5) is 9.76. The Labute approximate surface area is 121 Å². The number of ether oxygens (including phenoxy) is 1. The summed E-state index contributed by atoms with van der Waals surface area (Å²) in [5, 5.41) is 10.5. The molecule has 2 aromatic rings. The van der Waals surface area contributed by atoms with E-state index in [1.165, 1.54) is 6.07 Å². The first-order valence-corrected chi connectivity index (χ1v) is 6.48. The van der Waals surface area contributed by atoms with Crippen molar-refractivity contribution in [1.82, 2.24) is 0 Å². The Bertz CT molecular complexity index is 644. The minimum absolute atomic E-state index is 0.0316. The Morgan fingerprint density at radius 2 is 1.86 bits per heavy atom. The van der Waals surface area contributed by atoms with Crippen LogP contribution in [0.25, 0.3) is 0 Å². The first-order valence-electron chi connectivity index (χ1n) is 6.48. The highest BCUT2D eigenvalue weighted by atomic mass is 19.1. The Morgan fingerprint density at radius 1 is 1.24 bits per heavy atom.